The van der Waals surface area contributed by atoms with E-state index in [-0.39, 0.29) is 23.3 Å². The molecule has 7 heteroatoms. The van der Waals surface area contributed by atoms with Gasteiger partial charge >= 0.3 is 0 Å². The molecule has 0 fully saturated rings. The Kier molecular flexibility index (Phi) is 3.61. The normalized spacial score (nSPS) is 10.8. The molecule has 0 saturated heterocycles. The lowest BCUT2D eigenvalue weighted by Crippen LogP contribution is -2.02. The number of benzene rings is 1. The van der Waals surface area contributed by atoms with Gasteiger partial charge in [0, 0.05) is 6.07 Å². The maximum atomic E-state index is 13.3. The fraction of sp³-hybridized carbons (Fsp3) is 0.200. The Morgan fingerprint density at radius 1 is 1.41 bits per heavy atom. The first-order chi connectivity index (χ1) is 8.15. The average Bonchev–Trinajstić information content (AvgIpc) is 2.76. The predicted molar refractivity (Wildman–Crippen MR) is 61.8 cm³/mol. The maximum absolute atomic E-state index is 13.3. The van der Waals surface area contributed by atoms with E-state index < -0.39 is 5.82 Å². The van der Waals surface area contributed by atoms with Gasteiger partial charge in [0.2, 0.25) is 0 Å². The Bertz CT molecular complexity index is 544. The minimum Gasteiger partial charge on any atom is -0.388 e. The lowest BCUT2D eigenvalue weighted by Gasteiger charge is -2.04. The van der Waals surface area contributed by atoms with Crippen molar-refractivity contribution in [2.75, 3.05) is 0 Å². The summed E-state index contributed by atoms with van der Waals surface area (Å²) in [4.78, 5) is 3.99. The van der Waals surface area contributed by atoms with Crippen molar-refractivity contribution in [3.63, 3.8) is 0 Å². The molecule has 0 atom stereocenters. The van der Waals surface area contributed by atoms with Crippen LogP contribution in [-0.4, -0.2) is 19.9 Å². The summed E-state index contributed by atoms with van der Waals surface area (Å²) in [6.07, 6.45) is 0. The van der Waals surface area contributed by atoms with Gasteiger partial charge in [0.25, 0.3) is 0 Å². The van der Waals surface area contributed by atoms with E-state index in [1.165, 1.54) is 16.8 Å². The second-order valence-corrected chi connectivity index (χ2v) is 3.92. The summed E-state index contributed by atoms with van der Waals surface area (Å²) in [6, 6.07) is 4.25. The minimum atomic E-state index is -0.550. The molecule has 1 heterocycles. The van der Waals surface area contributed by atoms with Crippen molar-refractivity contribution in [1.29, 1.82) is 0 Å². The van der Waals surface area contributed by atoms with Crippen LogP contribution in [0.4, 0.5) is 4.39 Å². The summed E-state index contributed by atoms with van der Waals surface area (Å²) in [6.45, 7) is -0.299. The molecule has 0 amide bonds. The van der Waals surface area contributed by atoms with Crippen LogP contribution in [0.5, 0.6) is 0 Å². The first kappa shape index (κ1) is 12.3. The first-order valence-electron chi connectivity index (χ1n) is 4.72. The van der Waals surface area contributed by atoms with Gasteiger partial charge in [-0.25, -0.2) is 14.1 Å². The Hall–Kier alpha value is -1.17. The number of rotatable bonds is 3. The molecule has 0 spiro atoms. The summed E-state index contributed by atoms with van der Waals surface area (Å²) >= 11 is 11.3. The van der Waals surface area contributed by atoms with Gasteiger partial charge in [-0.1, -0.05) is 11.6 Å². The molecule has 4 nitrogen and oxygen atoms in total. The molecule has 2 aromatic rings. The lowest BCUT2D eigenvalue weighted by atomic mass is 10.3. The van der Waals surface area contributed by atoms with Crippen molar-refractivity contribution < 1.29 is 9.50 Å². The Labute approximate surface area is 107 Å². The molecule has 0 radical (unpaired) electrons. The number of nitrogens with zero attached hydrogens (tertiary/aromatic N) is 3. The molecule has 0 saturated carbocycles. The highest BCUT2D eigenvalue weighted by molar-refractivity contribution is 6.30. The van der Waals surface area contributed by atoms with Gasteiger partial charge in [0.15, 0.2) is 5.82 Å². The topological polar surface area (TPSA) is 50.9 Å². The Balaban J connectivity index is 2.51. The van der Waals surface area contributed by atoms with E-state index in [1.54, 1.807) is 6.07 Å². The second-order valence-electron chi connectivity index (χ2n) is 3.25. The third-order valence-electron chi connectivity index (χ3n) is 2.13. The second kappa shape index (κ2) is 5.00. The molecule has 17 heavy (non-hydrogen) atoms. The standard InChI is InChI=1S/C10H8Cl2FN3O/c11-4-10-14-9(5-17)15-16(10)6-1-2-7(12)8(13)3-6/h1-3,17H,4-5H2. The average molecular weight is 276 g/mol. The third-order valence-corrected chi connectivity index (χ3v) is 2.67. The zero-order valence-electron chi connectivity index (χ0n) is 8.57. The largest absolute Gasteiger partial charge is 0.388 e. The molecular weight excluding hydrogens is 268 g/mol. The van der Waals surface area contributed by atoms with Crippen LogP contribution < -0.4 is 0 Å². The van der Waals surface area contributed by atoms with E-state index in [1.807, 2.05) is 0 Å². The molecule has 1 N–H and O–H groups in total. The van der Waals surface area contributed by atoms with Crippen LogP contribution in [0.25, 0.3) is 5.69 Å². The Morgan fingerprint density at radius 2 is 2.18 bits per heavy atom. The summed E-state index contributed by atoms with van der Waals surface area (Å²) in [5.74, 6) is 0.219. The predicted octanol–water partition coefficient (Wildman–Crippen LogP) is 2.29. The number of aromatic nitrogens is 3. The van der Waals surface area contributed by atoms with Crippen molar-refractivity contribution >= 4 is 23.2 Å². The molecule has 0 aliphatic rings. The van der Waals surface area contributed by atoms with Crippen LogP contribution in [-0.2, 0) is 12.5 Å². The number of aliphatic hydroxyl groups is 1. The highest BCUT2D eigenvalue weighted by atomic mass is 35.5. The van der Waals surface area contributed by atoms with Gasteiger partial charge in [-0.15, -0.1) is 16.7 Å². The van der Waals surface area contributed by atoms with E-state index in [0.717, 1.165) is 0 Å². The monoisotopic (exact) mass is 275 g/mol. The number of hydrogen-bond donors (Lipinski definition) is 1. The van der Waals surface area contributed by atoms with Crippen molar-refractivity contribution in [1.82, 2.24) is 14.8 Å². The van der Waals surface area contributed by atoms with Crippen LogP contribution >= 0.6 is 23.2 Å². The summed E-state index contributed by atoms with van der Waals surface area (Å²) in [5, 5.41) is 13.0. The summed E-state index contributed by atoms with van der Waals surface area (Å²) < 4.78 is 14.7. The third kappa shape index (κ3) is 2.41. The van der Waals surface area contributed by atoms with Crippen molar-refractivity contribution in [2.45, 2.75) is 12.5 Å². The zero-order valence-corrected chi connectivity index (χ0v) is 10.1. The molecular formula is C10H8Cl2FN3O. The molecule has 1 aromatic carbocycles. The molecule has 0 aliphatic carbocycles. The number of hydrogen-bond acceptors (Lipinski definition) is 3. The van der Waals surface area contributed by atoms with E-state index >= 15 is 0 Å². The van der Waals surface area contributed by atoms with Gasteiger partial charge < -0.3 is 5.11 Å². The first-order valence-corrected chi connectivity index (χ1v) is 5.64. The van der Waals surface area contributed by atoms with E-state index in [0.29, 0.717) is 11.5 Å². The summed E-state index contributed by atoms with van der Waals surface area (Å²) in [5.41, 5.74) is 0.453. The van der Waals surface area contributed by atoms with Crippen LogP contribution in [0.1, 0.15) is 11.6 Å². The van der Waals surface area contributed by atoms with Crippen LogP contribution in [0.3, 0.4) is 0 Å². The van der Waals surface area contributed by atoms with Crippen LogP contribution in [0.15, 0.2) is 18.2 Å². The number of alkyl halides is 1. The van der Waals surface area contributed by atoms with Crippen molar-refractivity contribution in [2.24, 2.45) is 0 Å². The molecule has 90 valence electrons. The van der Waals surface area contributed by atoms with Crippen LogP contribution in [0.2, 0.25) is 5.02 Å². The fourth-order valence-corrected chi connectivity index (χ4v) is 1.66. The van der Waals surface area contributed by atoms with Gasteiger partial charge in [-0.2, -0.15) is 0 Å². The highest BCUT2D eigenvalue weighted by Gasteiger charge is 2.11. The molecule has 0 aliphatic heterocycles. The van der Waals surface area contributed by atoms with Gasteiger partial charge in [-0.05, 0) is 12.1 Å². The van der Waals surface area contributed by atoms with Gasteiger partial charge in [0.1, 0.15) is 18.2 Å². The molecule has 0 unspecified atom stereocenters. The fourth-order valence-electron chi connectivity index (χ4n) is 1.37. The molecule has 1 aromatic heterocycles. The quantitative estimate of drug-likeness (QED) is 0.875. The minimum absolute atomic E-state index is 0.0312. The zero-order chi connectivity index (χ0) is 12.4. The molecule has 2 rings (SSSR count). The molecule has 0 bridgehead atoms. The van der Waals surface area contributed by atoms with Crippen LogP contribution in [0, 0.1) is 5.82 Å². The highest BCUT2D eigenvalue weighted by Crippen LogP contribution is 2.19. The van der Waals surface area contributed by atoms with Gasteiger partial charge in [-0.3, -0.25) is 0 Å². The summed E-state index contributed by atoms with van der Waals surface area (Å²) in [7, 11) is 0. The maximum Gasteiger partial charge on any atom is 0.176 e. The van der Waals surface area contributed by atoms with Crippen molar-refractivity contribution in [3.8, 4) is 5.69 Å². The van der Waals surface area contributed by atoms with E-state index in [4.69, 9.17) is 28.3 Å². The number of halogens is 3. The van der Waals surface area contributed by atoms with E-state index in [9.17, 15) is 4.39 Å². The lowest BCUT2D eigenvalue weighted by molar-refractivity contribution is 0.271. The van der Waals surface area contributed by atoms with E-state index in [2.05, 4.69) is 10.1 Å². The number of aliphatic hydroxyl groups excluding tert-OH is 1. The smallest absolute Gasteiger partial charge is 0.176 e. The Morgan fingerprint density at radius 3 is 2.76 bits per heavy atom. The van der Waals surface area contributed by atoms with Gasteiger partial charge in [0.05, 0.1) is 16.6 Å². The SMILES string of the molecule is OCc1nc(CCl)n(-c2ccc(Cl)c(F)c2)n1. The van der Waals surface area contributed by atoms with Crippen molar-refractivity contribution in [3.05, 3.63) is 40.7 Å².